The molecule has 1 fully saturated rings. The second kappa shape index (κ2) is 5.13. The van der Waals surface area contributed by atoms with Gasteiger partial charge < -0.3 is 10.2 Å². The summed E-state index contributed by atoms with van der Waals surface area (Å²) in [5.74, 6) is -0.0653. The standard InChI is InChI=1S/C18H19N3O/c1-12-10-13-4-2-3-5-17(13)21(12)15-8-9-19-16(11-15)18(22)20-14-6-7-14/h2-5,8-9,11-12,14H,6-7,10H2,1H3,(H,20,22). The first-order valence-corrected chi connectivity index (χ1v) is 7.86. The molecular formula is C18H19N3O. The van der Waals surface area contributed by atoms with Gasteiger partial charge in [-0.1, -0.05) is 18.2 Å². The lowest BCUT2D eigenvalue weighted by atomic mass is 10.1. The van der Waals surface area contributed by atoms with E-state index in [1.807, 2.05) is 12.1 Å². The molecule has 2 heterocycles. The lowest BCUT2D eigenvalue weighted by molar-refractivity contribution is 0.0946. The maximum absolute atomic E-state index is 12.2. The zero-order chi connectivity index (χ0) is 15.1. The molecule has 1 atom stereocenters. The number of carbonyl (C=O) groups is 1. The van der Waals surface area contributed by atoms with E-state index in [1.165, 1.54) is 11.3 Å². The number of hydrogen-bond acceptors (Lipinski definition) is 3. The average Bonchev–Trinajstić information content (AvgIpc) is 3.27. The topological polar surface area (TPSA) is 45.2 Å². The summed E-state index contributed by atoms with van der Waals surface area (Å²) in [6, 6.07) is 13.1. The van der Waals surface area contributed by atoms with Crippen LogP contribution in [0.25, 0.3) is 0 Å². The second-order valence-electron chi connectivity index (χ2n) is 6.20. The molecule has 0 spiro atoms. The van der Waals surface area contributed by atoms with Crippen LogP contribution in [-0.2, 0) is 6.42 Å². The zero-order valence-electron chi connectivity index (χ0n) is 12.6. The van der Waals surface area contributed by atoms with Crippen LogP contribution in [0.1, 0.15) is 35.8 Å². The number of nitrogens with zero attached hydrogens (tertiary/aromatic N) is 2. The fourth-order valence-corrected chi connectivity index (χ4v) is 3.14. The van der Waals surface area contributed by atoms with Gasteiger partial charge in [-0.25, -0.2) is 0 Å². The minimum absolute atomic E-state index is 0.0653. The molecule has 1 unspecified atom stereocenters. The third-order valence-electron chi connectivity index (χ3n) is 4.37. The molecule has 112 valence electrons. The molecule has 1 aliphatic heterocycles. The van der Waals surface area contributed by atoms with Gasteiger partial charge in [0.25, 0.3) is 5.91 Å². The summed E-state index contributed by atoms with van der Waals surface area (Å²) in [6.45, 7) is 2.21. The first-order valence-electron chi connectivity index (χ1n) is 7.86. The van der Waals surface area contributed by atoms with E-state index < -0.39 is 0 Å². The number of anilines is 2. The largest absolute Gasteiger partial charge is 0.348 e. The molecule has 0 bridgehead atoms. The lowest BCUT2D eigenvalue weighted by Crippen LogP contribution is -2.27. The minimum Gasteiger partial charge on any atom is -0.348 e. The summed E-state index contributed by atoms with van der Waals surface area (Å²) >= 11 is 0. The number of benzene rings is 1. The quantitative estimate of drug-likeness (QED) is 0.946. The molecule has 1 N–H and O–H groups in total. The summed E-state index contributed by atoms with van der Waals surface area (Å²) in [5.41, 5.74) is 4.12. The smallest absolute Gasteiger partial charge is 0.270 e. The predicted octanol–water partition coefficient (Wildman–Crippen LogP) is 3.06. The Bertz CT molecular complexity index is 724. The van der Waals surface area contributed by atoms with Crippen LogP contribution in [0.15, 0.2) is 42.6 Å². The fraction of sp³-hybridized carbons (Fsp3) is 0.333. The number of rotatable bonds is 3. The Kier molecular flexibility index (Phi) is 3.10. The Labute approximate surface area is 130 Å². The minimum atomic E-state index is -0.0653. The highest BCUT2D eigenvalue weighted by Gasteiger charge is 2.28. The van der Waals surface area contributed by atoms with E-state index in [1.54, 1.807) is 6.20 Å². The number of aromatic nitrogens is 1. The molecule has 2 aromatic rings. The van der Waals surface area contributed by atoms with Crippen molar-refractivity contribution in [3.8, 4) is 0 Å². The third kappa shape index (κ3) is 2.34. The molecule has 4 heteroatoms. The summed E-state index contributed by atoms with van der Waals surface area (Å²) < 4.78 is 0. The van der Waals surface area contributed by atoms with Crippen molar-refractivity contribution in [1.82, 2.24) is 10.3 Å². The SMILES string of the molecule is CC1Cc2ccccc2N1c1ccnc(C(=O)NC2CC2)c1. The first-order chi connectivity index (χ1) is 10.7. The molecular weight excluding hydrogens is 274 g/mol. The fourth-order valence-electron chi connectivity index (χ4n) is 3.14. The van der Waals surface area contributed by atoms with Crippen molar-refractivity contribution >= 4 is 17.3 Å². The monoisotopic (exact) mass is 293 g/mol. The Morgan fingerprint density at radius 3 is 2.91 bits per heavy atom. The Morgan fingerprint density at radius 1 is 1.27 bits per heavy atom. The van der Waals surface area contributed by atoms with Crippen molar-refractivity contribution in [3.05, 3.63) is 53.9 Å². The average molecular weight is 293 g/mol. The van der Waals surface area contributed by atoms with Gasteiger partial charge in [0.1, 0.15) is 5.69 Å². The predicted molar refractivity (Wildman–Crippen MR) is 86.5 cm³/mol. The molecule has 0 saturated heterocycles. The number of nitrogens with one attached hydrogen (secondary N) is 1. The van der Waals surface area contributed by atoms with E-state index in [2.05, 4.69) is 46.4 Å². The number of hydrogen-bond donors (Lipinski definition) is 1. The summed E-state index contributed by atoms with van der Waals surface area (Å²) in [7, 11) is 0. The normalized spacial score (nSPS) is 19.9. The van der Waals surface area contributed by atoms with Gasteiger partial charge in [0, 0.05) is 29.7 Å². The van der Waals surface area contributed by atoms with Crippen molar-refractivity contribution < 1.29 is 4.79 Å². The van der Waals surface area contributed by atoms with Crippen LogP contribution < -0.4 is 10.2 Å². The molecule has 1 aromatic heterocycles. The molecule has 1 aromatic carbocycles. The highest BCUT2D eigenvalue weighted by Crippen LogP contribution is 2.38. The highest BCUT2D eigenvalue weighted by molar-refractivity contribution is 5.93. The van der Waals surface area contributed by atoms with E-state index in [4.69, 9.17) is 0 Å². The molecule has 0 radical (unpaired) electrons. The molecule has 1 saturated carbocycles. The van der Waals surface area contributed by atoms with Gasteiger partial charge in [0.15, 0.2) is 0 Å². The van der Waals surface area contributed by atoms with E-state index in [-0.39, 0.29) is 5.91 Å². The van der Waals surface area contributed by atoms with E-state index >= 15 is 0 Å². The summed E-state index contributed by atoms with van der Waals surface area (Å²) in [5, 5.41) is 3.00. The van der Waals surface area contributed by atoms with Crippen molar-refractivity contribution in [2.24, 2.45) is 0 Å². The van der Waals surface area contributed by atoms with Gasteiger partial charge >= 0.3 is 0 Å². The van der Waals surface area contributed by atoms with Gasteiger partial charge in [0.05, 0.1) is 0 Å². The highest BCUT2D eigenvalue weighted by atomic mass is 16.2. The number of amides is 1. The van der Waals surface area contributed by atoms with Crippen molar-refractivity contribution in [1.29, 1.82) is 0 Å². The molecule has 22 heavy (non-hydrogen) atoms. The number of para-hydroxylation sites is 1. The molecule has 1 aliphatic carbocycles. The van der Waals surface area contributed by atoms with Gasteiger partial charge in [-0.05, 0) is 49.9 Å². The van der Waals surface area contributed by atoms with Crippen LogP contribution in [0.3, 0.4) is 0 Å². The van der Waals surface area contributed by atoms with Crippen molar-refractivity contribution in [2.45, 2.75) is 38.3 Å². The van der Waals surface area contributed by atoms with E-state index in [0.717, 1.165) is 24.9 Å². The van der Waals surface area contributed by atoms with Crippen LogP contribution in [0, 0.1) is 0 Å². The van der Waals surface area contributed by atoms with Gasteiger partial charge in [-0.15, -0.1) is 0 Å². The first kappa shape index (κ1) is 13.3. The zero-order valence-corrected chi connectivity index (χ0v) is 12.6. The third-order valence-corrected chi connectivity index (χ3v) is 4.37. The maximum atomic E-state index is 12.2. The Hall–Kier alpha value is -2.36. The molecule has 2 aliphatic rings. The molecule has 4 rings (SSSR count). The van der Waals surface area contributed by atoms with E-state index in [0.29, 0.717) is 17.8 Å². The Balaban J connectivity index is 1.66. The van der Waals surface area contributed by atoms with Gasteiger partial charge in [-0.3, -0.25) is 9.78 Å². The molecule has 4 nitrogen and oxygen atoms in total. The van der Waals surface area contributed by atoms with E-state index in [9.17, 15) is 4.79 Å². The van der Waals surface area contributed by atoms with Crippen LogP contribution in [0.5, 0.6) is 0 Å². The number of pyridine rings is 1. The van der Waals surface area contributed by atoms with Crippen LogP contribution >= 0.6 is 0 Å². The van der Waals surface area contributed by atoms with Crippen LogP contribution in [0.2, 0.25) is 0 Å². The summed E-state index contributed by atoms with van der Waals surface area (Å²) in [6.07, 6.45) is 4.93. The number of carbonyl (C=O) groups excluding carboxylic acids is 1. The number of fused-ring (bicyclic) bond motifs is 1. The lowest BCUT2D eigenvalue weighted by Gasteiger charge is -2.25. The van der Waals surface area contributed by atoms with Gasteiger partial charge in [0.2, 0.25) is 0 Å². The summed E-state index contributed by atoms with van der Waals surface area (Å²) in [4.78, 5) is 18.7. The maximum Gasteiger partial charge on any atom is 0.270 e. The molecule has 1 amide bonds. The second-order valence-corrected chi connectivity index (χ2v) is 6.20. The van der Waals surface area contributed by atoms with Crippen molar-refractivity contribution in [2.75, 3.05) is 4.90 Å². The van der Waals surface area contributed by atoms with Crippen LogP contribution in [-0.4, -0.2) is 23.0 Å². The van der Waals surface area contributed by atoms with Crippen LogP contribution in [0.4, 0.5) is 11.4 Å². The van der Waals surface area contributed by atoms with Crippen molar-refractivity contribution in [3.63, 3.8) is 0 Å². The van der Waals surface area contributed by atoms with Gasteiger partial charge in [-0.2, -0.15) is 0 Å². The Morgan fingerprint density at radius 2 is 2.09 bits per heavy atom.